The first kappa shape index (κ1) is 20.3. The first-order valence-electron chi connectivity index (χ1n) is 10.6. The van der Waals surface area contributed by atoms with Gasteiger partial charge < -0.3 is 9.80 Å². The van der Waals surface area contributed by atoms with Crippen LogP contribution < -0.4 is 0 Å². The Morgan fingerprint density at radius 1 is 1.03 bits per heavy atom. The maximum absolute atomic E-state index is 13.2. The molecule has 2 heterocycles. The number of benzene rings is 2. The molecule has 4 rings (SSSR count). The molecule has 1 fully saturated rings. The van der Waals surface area contributed by atoms with Gasteiger partial charge in [0.2, 0.25) is 0 Å². The second kappa shape index (κ2) is 9.22. The van der Waals surface area contributed by atoms with Gasteiger partial charge in [-0.1, -0.05) is 59.8 Å². The van der Waals surface area contributed by atoms with Crippen molar-refractivity contribution >= 4 is 6.03 Å². The van der Waals surface area contributed by atoms with Crippen molar-refractivity contribution in [2.45, 2.75) is 38.3 Å². The lowest BCUT2D eigenvalue weighted by molar-refractivity contribution is 0.149. The molecular formula is C24H29N5O. The molecular weight excluding hydrogens is 374 g/mol. The predicted molar refractivity (Wildman–Crippen MR) is 118 cm³/mol. The lowest BCUT2D eigenvalue weighted by atomic mass is 9.96. The van der Waals surface area contributed by atoms with Crippen molar-refractivity contribution < 1.29 is 4.79 Å². The number of piperidine rings is 1. The number of hydrogen-bond acceptors (Lipinski definition) is 4. The summed E-state index contributed by atoms with van der Waals surface area (Å²) in [7, 11) is 4.10. The van der Waals surface area contributed by atoms with E-state index in [4.69, 9.17) is 0 Å². The topological polar surface area (TPSA) is 54.3 Å². The zero-order valence-corrected chi connectivity index (χ0v) is 17.7. The van der Waals surface area contributed by atoms with Gasteiger partial charge in [0.1, 0.15) is 5.69 Å². The molecule has 3 aromatic rings. The summed E-state index contributed by atoms with van der Waals surface area (Å²) in [6.07, 6.45) is 5.84. The summed E-state index contributed by atoms with van der Waals surface area (Å²) in [4.78, 5) is 17.3. The van der Waals surface area contributed by atoms with E-state index in [0.29, 0.717) is 0 Å². The average molecular weight is 404 g/mol. The van der Waals surface area contributed by atoms with Crippen LogP contribution in [0.25, 0.3) is 11.3 Å². The number of likely N-dealkylation sites (tertiary alicyclic amines) is 1. The monoisotopic (exact) mass is 403 g/mol. The Bertz CT molecular complexity index is 965. The van der Waals surface area contributed by atoms with Crippen LogP contribution in [-0.2, 0) is 13.0 Å². The fraction of sp³-hybridized carbons (Fsp3) is 0.375. The highest BCUT2D eigenvalue weighted by atomic mass is 16.2. The van der Waals surface area contributed by atoms with Gasteiger partial charge >= 0.3 is 6.03 Å². The molecule has 1 aromatic heterocycles. The third-order valence-electron chi connectivity index (χ3n) is 5.62. The third kappa shape index (κ3) is 4.76. The molecule has 6 nitrogen and oxygen atoms in total. The highest BCUT2D eigenvalue weighted by Gasteiger charge is 2.28. The highest BCUT2D eigenvalue weighted by Crippen LogP contribution is 2.23. The van der Waals surface area contributed by atoms with E-state index in [1.807, 2.05) is 23.1 Å². The first-order chi connectivity index (χ1) is 14.6. The third-order valence-corrected chi connectivity index (χ3v) is 5.62. The minimum absolute atomic E-state index is 0.0846. The summed E-state index contributed by atoms with van der Waals surface area (Å²) in [6, 6.07) is 18.8. The summed E-state index contributed by atoms with van der Waals surface area (Å²) in [5.41, 5.74) is 4.19. The van der Waals surface area contributed by atoms with Crippen molar-refractivity contribution in [1.82, 2.24) is 24.8 Å². The summed E-state index contributed by atoms with van der Waals surface area (Å²) < 4.78 is 1.40. The summed E-state index contributed by atoms with van der Waals surface area (Å²) in [5.74, 6) is 0. The van der Waals surface area contributed by atoms with Crippen molar-refractivity contribution in [3.8, 4) is 11.3 Å². The Kier molecular flexibility index (Phi) is 6.23. The van der Waals surface area contributed by atoms with Gasteiger partial charge in [0, 0.05) is 24.7 Å². The van der Waals surface area contributed by atoms with Gasteiger partial charge in [-0.15, -0.1) is 5.10 Å². The van der Waals surface area contributed by atoms with Crippen LogP contribution in [0.15, 0.2) is 60.8 Å². The number of amides is 1. The maximum atomic E-state index is 13.2. The average Bonchev–Trinajstić information content (AvgIpc) is 3.25. The Balaban J connectivity index is 1.48. The quantitative estimate of drug-likeness (QED) is 0.644. The molecule has 0 radical (unpaired) electrons. The fourth-order valence-corrected chi connectivity index (χ4v) is 4.12. The smallest absolute Gasteiger partial charge is 0.320 e. The molecule has 1 unspecified atom stereocenters. The molecule has 0 saturated carbocycles. The molecule has 6 heteroatoms. The van der Waals surface area contributed by atoms with Crippen molar-refractivity contribution in [3.63, 3.8) is 0 Å². The van der Waals surface area contributed by atoms with Crippen LogP contribution in [0.3, 0.4) is 0 Å². The molecule has 0 spiro atoms. The van der Waals surface area contributed by atoms with Crippen LogP contribution in [0.4, 0.5) is 4.79 Å². The van der Waals surface area contributed by atoms with Crippen molar-refractivity contribution in [1.29, 1.82) is 0 Å². The second-order valence-electron chi connectivity index (χ2n) is 8.30. The molecule has 1 aliphatic rings. The number of nitrogens with zero attached hydrogens (tertiary/aromatic N) is 5. The van der Waals surface area contributed by atoms with Crippen LogP contribution in [0.1, 0.15) is 30.4 Å². The Morgan fingerprint density at radius 2 is 1.80 bits per heavy atom. The van der Waals surface area contributed by atoms with Crippen molar-refractivity contribution in [3.05, 3.63) is 71.9 Å². The molecule has 0 aliphatic carbocycles. The molecule has 156 valence electrons. The first-order valence-corrected chi connectivity index (χ1v) is 10.6. The van der Waals surface area contributed by atoms with Gasteiger partial charge in [-0.25, -0.2) is 4.79 Å². The lowest BCUT2D eigenvalue weighted by Crippen LogP contribution is -2.46. The van der Waals surface area contributed by atoms with Crippen LogP contribution in [0, 0.1) is 0 Å². The van der Waals surface area contributed by atoms with Crippen molar-refractivity contribution in [2.75, 3.05) is 20.6 Å². The molecule has 1 saturated heterocycles. The molecule has 0 bridgehead atoms. The van der Waals surface area contributed by atoms with E-state index < -0.39 is 0 Å². The number of aromatic nitrogens is 3. The largest absolute Gasteiger partial charge is 0.346 e. The van der Waals surface area contributed by atoms with E-state index in [1.54, 1.807) is 6.20 Å². The summed E-state index contributed by atoms with van der Waals surface area (Å²) in [6.45, 7) is 1.66. The van der Waals surface area contributed by atoms with Gasteiger partial charge in [-0.05, 0) is 50.9 Å². The zero-order valence-electron chi connectivity index (χ0n) is 17.7. The van der Waals surface area contributed by atoms with Crippen molar-refractivity contribution in [2.24, 2.45) is 0 Å². The Labute approximate surface area is 178 Å². The molecule has 2 aromatic carbocycles. The second-order valence-corrected chi connectivity index (χ2v) is 8.30. The minimum Gasteiger partial charge on any atom is -0.320 e. The summed E-state index contributed by atoms with van der Waals surface area (Å²) >= 11 is 0. The SMILES string of the molecule is CN(C)Cc1ccc(-c2cn(C(=O)N3CCCCC3Cc3ccccc3)nn2)cc1. The number of carbonyl (C=O) groups excluding carboxylic acids is 1. The van der Waals surface area contributed by atoms with Crippen LogP contribution in [0.2, 0.25) is 0 Å². The van der Waals surface area contributed by atoms with E-state index >= 15 is 0 Å². The van der Waals surface area contributed by atoms with Gasteiger partial charge in [0.25, 0.3) is 0 Å². The van der Waals surface area contributed by atoms with E-state index in [2.05, 4.69) is 65.7 Å². The Morgan fingerprint density at radius 3 is 2.53 bits per heavy atom. The van der Waals surface area contributed by atoms with Crippen LogP contribution in [-0.4, -0.2) is 57.5 Å². The van der Waals surface area contributed by atoms with E-state index in [9.17, 15) is 4.79 Å². The van der Waals surface area contributed by atoms with Gasteiger partial charge in [0.15, 0.2) is 0 Å². The number of hydrogen-bond donors (Lipinski definition) is 0. The fourth-order valence-electron chi connectivity index (χ4n) is 4.12. The standard InChI is InChI=1S/C24H29N5O/c1-27(2)17-20-11-13-21(14-12-20)23-18-29(26-25-23)24(30)28-15-7-6-10-22(28)16-19-8-4-3-5-9-19/h3-5,8-9,11-14,18,22H,6-7,10,15-17H2,1-2H3. The highest BCUT2D eigenvalue weighted by molar-refractivity contribution is 5.77. The molecule has 1 amide bonds. The van der Waals surface area contributed by atoms with Gasteiger partial charge in [-0.2, -0.15) is 4.68 Å². The van der Waals surface area contributed by atoms with E-state index in [1.165, 1.54) is 15.8 Å². The van der Waals surface area contributed by atoms with Crippen LogP contribution in [0.5, 0.6) is 0 Å². The number of carbonyl (C=O) groups is 1. The van der Waals surface area contributed by atoms with E-state index in [-0.39, 0.29) is 12.1 Å². The maximum Gasteiger partial charge on any atom is 0.346 e. The minimum atomic E-state index is -0.0846. The zero-order chi connectivity index (χ0) is 20.9. The molecule has 30 heavy (non-hydrogen) atoms. The van der Waals surface area contributed by atoms with Gasteiger partial charge in [-0.3, -0.25) is 0 Å². The molecule has 1 atom stereocenters. The lowest BCUT2D eigenvalue weighted by Gasteiger charge is -2.35. The van der Waals surface area contributed by atoms with Gasteiger partial charge in [0.05, 0.1) is 6.20 Å². The van der Waals surface area contributed by atoms with E-state index in [0.717, 1.165) is 50.0 Å². The summed E-state index contributed by atoms with van der Waals surface area (Å²) in [5, 5.41) is 8.40. The Hall–Kier alpha value is -2.99. The number of rotatable bonds is 5. The normalized spacial score (nSPS) is 16.8. The predicted octanol–water partition coefficient (Wildman–Crippen LogP) is 4.07. The molecule has 1 aliphatic heterocycles. The van der Waals surface area contributed by atoms with Crippen LogP contribution >= 0.6 is 0 Å². The molecule has 0 N–H and O–H groups in total.